The number of aromatic nitrogens is 1. The molecule has 5 nitrogen and oxygen atoms in total. The molecule has 19 heavy (non-hydrogen) atoms. The molecule has 3 rings (SSSR count). The summed E-state index contributed by atoms with van der Waals surface area (Å²) in [4.78, 5) is 14.9. The second-order valence-electron chi connectivity index (χ2n) is 3.91. The minimum Gasteiger partial charge on any atom is -0.436 e. The van der Waals surface area contributed by atoms with Crippen molar-refractivity contribution in [3.8, 4) is 11.5 Å². The van der Waals surface area contributed by atoms with Crippen LogP contribution in [0.2, 0.25) is 0 Å². The number of hydrogen-bond acceptors (Lipinski definition) is 4. The number of hydrogen-bond donors (Lipinski definition) is 0. The maximum atomic E-state index is 11.0. The normalized spacial score (nSPS) is 10.8. The molecule has 0 spiro atoms. The van der Waals surface area contributed by atoms with Crippen molar-refractivity contribution in [1.29, 1.82) is 0 Å². The number of nitro groups is 1. The van der Waals surface area contributed by atoms with Crippen molar-refractivity contribution in [2.75, 3.05) is 0 Å². The molecule has 0 fully saturated rings. The van der Waals surface area contributed by atoms with Crippen LogP contribution >= 0.6 is 15.9 Å². The summed E-state index contributed by atoms with van der Waals surface area (Å²) in [7, 11) is 0. The van der Waals surface area contributed by atoms with Gasteiger partial charge in [-0.3, -0.25) is 10.1 Å². The lowest BCUT2D eigenvalue weighted by Gasteiger charge is -1.99. The van der Waals surface area contributed by atoms with Gasteiger partial charge >= 0.3 is 0 Å². The number of fused-ring (bicyclic) bond motifs is 1. The first kappa shape index (κ1) is 11.9. The van der Waals surface area contributed by atoms with Crippen LogP contribution in [0.1, 0.15) is 0 Å². The average molecular weight is 319 g/mol. The van der Waals surface area contributed by atoms with Crippen molar-refractivity contribution in [2.45, 2.75) is 0 Å². The molecule has 2 aromatic carbocycles. The molecule has 0 atom stereocenters. The smallest absolute Gasteiger partial charge is 0.282 e. The van der Waals surface area contributed by atoms with E-state index in [0.717, 1.165) is 4.47 Å². The van der Waals surface area contributed by atoms with Crippen LogP contribution in [0.5, 0.6) is 0 Å². The second kappa shape index (κ2) is 4.47. The maximum absolute atomic E-state index is 11.0. The highest BCUT2D eigenvalue weighted by atomic mass is 79.9. The Labute approximate surface area is 116 Å². The third-order valence-electron chi connectivity index (χ3n) is 2.68. The minimum atomic E-state index is -0.448. The standard InChI is InChI=1S/C13H7BrN2O3/c14-8-5-6-11(16(17)18)9(7-8)13-15-10-3-1-2-4-12(10)19-13/h1-7H. The Hall–Kier alpha value is -2.21. The Morgan fingerprint density at radius 3 is 2.74 bits per heavy atom. The fourth-order valence-corrected chi connectivity index (χ4v) is 2.19. The van der Waals surface area contributed by atoms with Crippen molar-refractivity contribution in [2.24, 2.45) is 0 Å². The third-order valence-corrected chi connectivity index (χ3v) is 3.17. The van der Waals surface area contributed by atoms with Gasteiger partial charge in [0.1, 0.15) is 11.1 Å². The Balaban J connectivity index is 2.25. The summed E-state index contributed by atoms with van der Waals surface area (Å²) < 4.78 is 6.30. The van der Waals surface area contributed by atoms with E-state index in [4.69, 9.17) is 4.42 Å². The van der Waals surface area contributed by atoms with Crippen LogP contribution in [0.15, 0.2) is 51.4 Å². The average Bonchev–Trinajstić information content (AvgIpc) is 2.81. The first-order chi connectivity index (χ1) is 9.15. The van der Waals surface area contributed by atoms with Gasteiger partial charge in [0, 0.05) is 10.5 Å². The molecule has 1 aromatic heterocycles. The van der Waals surface area contributed by atoms with Gasteiger partial charge in [0.2, 0.25) is 5.89 Å². The number of nitrogens with zero attached hydrogens (tertiary/aromatic N) is 2. The number of benzene rings is 2. The van der Waals surface area contributed by atoms with Crippen LogP contribution < -0.4 is 0 Å². The Morgan fingerprint density at radius 1 is 1.21 bits per heavy atom. The quantitative estimate of drug-likeness (QED) is 0.525. The SMILES string of the molecule is O=[N+]([O-])c1ccc(Br)cc1-c1nc2ccccc2o1. The van der Waals surface area contributed by atoms with Gasteiger partial charge in [0.05, 0.1) is 4.92 Å². The van der Waals surface area contributed by atoms with Crippen molar-refractivity contribution in [1.82, 2.24) is 4.98 Å². The first-order valence-corrected chi connectivity index (χ1v) is 6.24. The molecule has 0 unspecified atom stereocenters. The van der Waals surface area contributed by atoms with Gasteiger partial charge in [-0.15, -0.1) is 0 Å². The Morgan fingerprint density at radius 2 is 2.00 bits per heavy atom. The van der Waals surface area contributed by atoms with Crippen molar-refractivity contribution in [3.63, 3.8) is 0 Å². The number of para-hydroxylation sites is 2. The highest BCUT2D eigenvalue weighted by Gasteiger charge is 2.20. The van der Waals surface area contributed by atoms with E-state index < -0.39 is 4.92 Å². The van der Waals surface area contributed by atoms with Crippen LogP contribution in [0.3, 0.4) is 0 Å². The molecule has 0 radical (unpaired) electrons. The van der Waals surface area contributed by atoms with Crippen molar-refractivity contribution in [3.05, 3.63) is 57.1 Å². The molecule has 0 N–H and O–H groups in total. The summed E-state index contributed by atoms with van der Waals surface area (Å²) in [6.07, 6.45) is 0. The molecule has 6 heteroatoms. The molecule has 0 saturated carbocycles. The van der Waals surface area contributed by atoms with E-state index in [-0.39, 0.29) is 11.6 Å². The molecule has 0 amide bonds. The van der Waals surface area contributed by atoms with E-state index >= 15 is 0 Å². The number of nitro benzene ring substituents is 1. The highest BCUT2D eigenvalue weighted by Crippen LogP contribution is 2.33. The van der Waals surface area contributed by atoms with Gasteiger partial charge in [-0.05, 0) is 24.3 Å². The van der Waals surface area contributed by atoms with Crippen LogP contribution in [0.4, 0.5) is 5.69 Å². The lowest BCUT2D eigenvalue weighted by molar-refractivity contribution is -0.384. The predicted molar refractivity (Wildman–Crippen MR) is 73.8 cm³/mol. The molecule has 0 aliphatic rings. The minimum absolute atomic E-state index is 0.0326. The first-order valence-electron chi connectivity index (χ1n) is 5.45. The molecule has 0 bridgehead atoms. The zero-order chi connectivity index (χ0) is 13.4. The topological polar surface area (TPSA) is 69.2 Å². The fourth-order valence-electron chi connectivity index (χ4n) is 1.83. The van der Waals surface area contributed by atoms with Crippen LogP contribution in [-0.4, -0.2) is 9.91 Å². The number of oxazole rings is 1. The summed E-state index contributed by atoms with van der Waals surface area (Å²) >= 11 is 3.29. The summed E-state index contributed by atoms with van der Waals surface area (Å²) in [5.41, 5.74) is 1.60. The van der Waals surface area contributed by atoms with E-state index in [9.17, 15) is 10.1 Å². The van der Waals surface area contributed by atoms with Gasteiger partial charge in [-0.1, -0.05) is 28.1 Å². The number of rotatable bonds is 2. The van der Waals surface area contributed by atoms with Crippen LogP contribution in [0.25, 0.3) is 22.6 Å². The highest BCUT2D eigenvalue weighted by molar-refractivity contribution is 9.10. The molecule has 3 aromatic rings. The Bertz CT molecular complexity index is 749. The molecule has 94 valence electrons. The van der Waals surface area contributed by atoms with Gasteiger partial charge < -0.3 is 4.42 Å². The van der Waals surface area contributed by atoms with E-state index in [0.29, 0.717) is 16.7 Å². The monoisotopic (exact) mass is 318 g/mol. The third kappa shape index (κ3) is 2.10. The summed E-state index contributed by atoms with van der Waals surface area (Å²) in [5, 5.41) is 11.0. The van der Waals surface area contributed by atoms with Gasteiger partial charge in [-0.25, -0.2) is 4.98 Å². The molecular formula is C13H7BrN2O3. The zero-order valence-corrected chi connectivity index (χ0v) is 11.1. The molecule has 0 aliphatic carbocycles. The lowest BCUT2D eigenvalue weighted by atomic mass is 10.2. The van der Waals surface area contributed by atoms with E-state index in [1.165, 1.54) is 6.07 Å². The van der Waals surface area contributed by atoms with Crippen LogP contribution in [0, 0.1) is 10.1 Å². The number of halogens is 1. The summed E-state index contributed by atoms with van der Waals surface area (Å²) in [6.45, 7) is 0. The van der Waals surface area contributed by atoms with E-state index in [1.807, 2.05) is 12.1 Å². The maximum Gasteiger partial charge on any atom is 0.282 e. The Kier molecular flexibility index (Phi) is 2.79. The van der Waals surface area contributed by atoms with Crippen LogP contribution in [-0.2, 0) is 0 Å². The molecular weight excluding hydrogens is 312 g/mol. The van der Waals surface area contributed by atoms with Gasteiger partial charge in [-0.2, -0.15) is 0 Å². The van der Waals surface area contributed by atoms with Gasteiger partial charge in [0.15, 0.2) is 5.58 Å². The lowest BCUT2D eigenvalue weighted by Crippen LogP contribution is -1.91. The summed E-state index contributed by atoms with van der Waals surface area (Å²) in [6, 6.07) is 11.9. The zero-order valence-electron chi connectivity index (χ0n) is 9.54. The van der Waals surface area contributed by atoms with Gasteiger partial charge in [0.25, 0.3) is 5.69 Å². The largest absolute Gasteiger partial charge is 0.436 e. The molecule has 0 aliphatic heterocycles. The molecule has 0 saturated heterocycles. The second-order valence-corrected chi connectivity index (χ2v) is 4.82. The molecule has 1 heterocycles. The van der Waals surface area contributed by atoms with Crippen molar-refractivity contribution >= 4 is 32.7 Å². The summed E-state index contributed by atoms with van der Waals surface area (Å²) in [5.74, 6) is 0.245. The predicted octanol–water partition coefficient (Wildman–Crippen LogP) is 4.17. The van der Waals surface area contributed by atoms with E-state index in [2.05, 4.69) is 20.9 Å². The van der Waals surface area contributed by atoms with Crippen molar-refractivity contribution < 1.29 is 9.34 Å². The van der Waals surface area contributed by atoms with E-state index in [1.54, 1.807) is 24.3 Å². The fraction of sp³-hybridized carbons (Fsp3) is 0.